The van der Waals surface area contributed by atoms with Gasteiger partial charge in [-0.2, -0.15) is 13.2 Å². The first-order chi connectivity index (χ1) is 7.78. The van der Waals surface area contributed by atoms with Gasteiger partial charge in [0.15, 0.2) is 5.13 Å². The predicted molar refractivity (Wildman–Crippen MR) is 63.4 cm³/mol. The van der Waals surface area contributed by atoms with Crippen LogP contribution in [0.4, 0.5) is 18.3 Å². The highest BCUT2D eigenvalue weighted by molar-refractivity contribution is 7.15. The van der Waals surface area contributed by atoms with E-state index in [1.165, 1.54) is 18.4 Å². The van der Waals surface area contributed by atoms with E-state index in [1.807, 2.05) is 13.8 Å². The molecule has 1 N–H and O–H groups in total. The number of halogens is 3. The van der Waals surface area contributed by atoms with Crippen molar-refractivity contribution in [2.45, 2.75) is 32.6 Å². The van der Waals surface area contributed by atoms with Crippen LogP contribution in [0.1, 0.15) is 18.7 Å². The van der Waals surface area contributed by atoms with Gasteiger partial charge in [0.2, 0.25) is 0 Å². The number of hydrogen-bond donors (Lipinski definition) is 1. The lowest BCUT2D eigenvalue weighted by atomic mass is 10.4. The van der Waals surface area contributed by atoms with Gasteiger partial charge in [-0.15, -0.1) is 11.3 Å². The molecular weight excluding hydrogens is 251 g/mol. The standard InChI is InChI=1S/C10H16F3N3S/c1-7(2)14-4-8-5-15-9(17-8)16(3)6-10(11,12)13/h5,7,14H,4,6H2,1-3H3. The minimum Gasteiger partial charge on any atom is -0.342 e. The molecule has 1 heterocycles. The Labute approximate surface area is 103 Å². The van der Waals surface area contributed by atoms with Crippen molar-refractivity contribution < 1.29 is 13.2 Å². The molecule has 0 radical (unpaired) electrons. The van der Waals surface area contributed by atoms with Crippen molar-refractivity contribution in [1.82, 2.24) is 10.3 Å². The van der Waals surface area contributed by atoms with Gasteiger partial charge in [-0.25, -0.2) is 4.98 Å². The first-order valence-electron chi connectivity index (χ1n) is 5.24. The maximum Gasteiger partial charge on any atom is 0.405 e. The highest BCUT2D eigenvalue weighted by atomic mass is 32.1. The molecule has 0 aliphatic heterocycles. The van der Waals surface area contributed by atoms with E-state index >= 15 is 0 Å². The van der Waals surface area contributed by atoms with Crippen LogP contribution in [0.25, 0.3) is 0 Å². The van der Waals surface area contributed by atoms with E-state index in [0.717, 1.165) is 9.78 Å². The van der Waals surface area contributed by atoms with Crippen molar-refractivity contribution in [2.24, 2.45) is 0 Å². The summed E-state index contributed by atoms with van der Waals surface area (Å²) in [7, 11) is 1.39. The summed E-state index contributed by atoms with van der Waals surface area (Å²) in [6.45, 7) is 3.68. The van der Waals surface area contributed by atoms with E-state index in [0.29, 0.717) is 17.7 Å². The van der Waals surface area contributed by atoms with Crippen LogP contribution >= 0.6 is 11.3 Å². The van der Waals surface area contributed by atoms with Gasteiger partial charge < -0.3 is 10.2 Å². The summed E-state index contributed by atoms with van der Waals surface area (Å²) < 4.78 is 36.5. The number of nitrogens with one attached hydrogen (secondary N) is 1. The summed E-state index contributed by atoms with van der Waals surface area (Å²) in [6.07, 6.45) is -2.58. The second kappa shape index (κ2) is 5.68. The third kappa shape index (κ3) is 5.36. The fraction of sp³-hybridized carbons (Fsp3) is 0.700. The van der Waals surface area contributed by atoms with Crippen molar-refractivity contribution in [3.05, 3.63) is 11.1 Å². The highest BCUT2D eigenvalue weighted by Crippen LogP contribution is 2.25. The molecule has 0 spiro atoms. The number of alkyl halides is 3. The van der Waals surface area contributed by atoms with E-state index in [-0.39, 0.29) is 0 Å². The third-order valence-electron chi connectivity index (χ3n) is 1.97. The lowest BCUT2D eigenvalue weighted by molar-refractivity contribution is -0.119. The molecule has 7 heteroatoms. The molecule has 3 nitrogen and oxygen atoms in total. The zero-order chi connectivity index (χ0) is 13.1. The summed E-state index contributed by atoms with van der Waals surface area (Å²) in [5.74, 6) is 0. The zero-order valence-electron chi connectivity index (χ0n) is 10.0. The van der Waals surface area contributed by atoms with Crippen LogP contribution in [0.5, 0.6) is 0 Å². The van der Waals surface area contributed by atoms with E-state index in [4.69, 9.17) is 0 Å². The van der Waals surface area contributed by atoms with E-state index in [1.54, 1.807) is 6.20 Å². The number of rotatable bonds is 5. The number of anilines is 1. The SMILES string of the molecule is CC(C)NCc1cnc(N(C)CC(F)(F)F)s1. The van der Waals surface area contributed by atoms with Crippen molar-refractivity contribution in [2.75, 3.05) is 18.5 Å². The topological polar surface area (TPSA) is 28.2 Å². The van der Waals surface area contributed by atoms with Crippen molar-refractivity contribution in [3.8, 4) is 0 Å². The molecule has 0 atom stereocenters. The molecular formula is C10H16F3N3S. The molecule has 98 valence electrons. The van der Waals surface area contributed by atoms with E-state index in [9.17, 15) is 13.2 Å². The molecule has 0 aromatic carbocycles. The molecule has 0 amide bonds. The fourth-order valence-corrected chi connectivity index (χ4v) is 2.02. The van der Waals surface area contributed by atoms with Gasteiger partial charge in [-0.05, 0) is 0 Å². The summed E-state index contributed by atoms with van der Waals surface area (Å²) in [6, 6.07) is 0.341. The Morgan fingerprint density at radius 3 is 2.65 bits per heavy atom. The number of hydrogen-bond acceptors (Lipinski definition) is 4. The molecule has 0 bridgehead atoms. The van der Waals surface area contributed by atoms with E-state index in [2.05, 4.69) is 10.3 Å². The van der Waals surface area contributed by atoms with Crippen molar-refractivity contribution in [1.29, 1.82) is 0 Å². The Bertz CT molecular complexity index is 349. The van der Waals surface area contributed by atoms with Gasteiger partial charge in [-0.3, -0.25) is 0 Å². The monoisotopic (exact) mass is 267 g/mol. The summed E-state index contributed by atoms with van der Waals surface area (Å²) in [5.41, 5.74) is 0. The Hall–Kier alpha value is -0.820. The van der Waals surface area contributed by atoms with Crippen LogP contribution in [0.3, 0.4) is 0 Å². The summed E-state index contributed by atoms with van der Waals surface area (Å²) in [4.78, 5) is 6.03. The quantitative estimate of drug-likeness (QED) is 0.889. The van der Waals surface area contributed by atoms with Crippen LogP contribution in [0.15, 0.2) is 6.20 Å². The zero-order valence-corrected chi connectivity index (χ0v) is 10.8. The molecule has 17 heavy (non-hydrogen) atoms. The minimum atomic E-state index is -4.20. The molecule has 1 aromatic rings. The molecule has 0 saturated carbocycles. The van der Waals surface area contributed by atoms with Gasteiger partial charge in [0, 0.05) is 30.7 Å². The molecule has 0 aliphatic rings. The van der Waals surface area contributed by atoms with Gasteiger partial charge in [-0.1, -0.05) is 13.8 Å². The summed E-state index contributed by atoms with van der Waals surface area (Å²) in [5, 5.41) is 3.58. The van der Waals surface area contributed by atoms with Gasteiger partial charge in [0.1, 0.15) is 6.54 Å². The molecule has 0 unspecified atom stereocenters. The number of thiazole rings is 1. The fourth-order valence-electron chi connectivity index (χ4n) is 1.20. The average Bonchev–Trinajstić information content (AvgIpc) is 2.60. The Balaban J connectivity index is 2.55. The Morgan fingerprint density at radius 1 is 1.47 bits per heavy atom. The number of nitrogens with zero attached hydrogens (tertiary/aromatic N) is 2. The second-order valence-electron chi connectivity index (χ2n) is 4.12. The highest BCUT2D eigenvalue weighted by Gasteiger charge is 2.30. The van der Waals surface area contributed by atoms with Crippen LogP contribution in [0, 0.1) is 0 Å². The molecule has 0 aliphatic carbocycles. The predicted octanol–water partition coefficient (Wildman–Crippen LogP) is 2.64. The first-order valence-corrected chi connectivity index (χ1v) is 6.05. The Morgan fingerprint density at radius 2 is 2.12 bits per heavy atom. The lowest BCUT2D eigenvalue weighted by Crippen LogP contribution is -2.30. The maximum absolute atomic E-state index is 12.2. The molecule has 1 rings (SSSR count). The van der Waals surface area contributed by atoms with Crippen molar-refractivity contribution in [3.63, 3.8) is 0 Å². The largest absolute Gasteiger partial charge is 0.405 e. The van der Waals surface area contributed by atoms with Gasteiger partial charge >= 0.3 is 6.18 Å². The first kappa shape index (κ1) is 14.2. The lowest BCUT2D eigenvalue weighted by Gasteiger charge is -2.17. The van der Waals surface area contributed by atoms with Crippen LogP contribution in [-0.4, -0.2) is 30.8 Å². The smallest absolute Gasteiger partial charge is 0.342 e. The third-order valence-corrected chi connectivity index (χ3v) is 3.08. The maximum atomic E-state index is 12.2. The van der Waals surface area contributed by atoms with Crippen molar-refractivity contribution >= 4 is 16.5 Å². The van der Waals surface area contributed by atoms with Crippen LogP contribution in [-0.2, 0) is 6.54 Å². The van der Waals surface area contributed by atoms with Gasteiger partial charge in [0.05, 0.1) is 0 Å². The Kier molecular flexibility index (Phi) is 4.76. The molecule has 0 saturated heterocycles. The minimum absolute atomic E-state index is 0.341. The molecule has 0 fully saturated rings. The normalized spacial score (nSPS) is 12.2. The van der Waals surface area contributed by atoms with Crippen LogP contribution in [0.2, 0.25) is 0 Å². The average molecular weight is 267 g/mol. The van der Waals surface area contributed by atoms with E-state index < -0.39 is 12.7 Å². The van der Waals surface area contributed by atoms with Gasteiger partial charge in [0.25, 0.3) is 0 Å². The molecule has 1 aromatic heterocycles. The number of aromatic nitrogens is 1. The van der Waals surface area contributed by atoms with Crippen LogP contribution < -0.4 is 10.2 Å². The summed E-state index contributed by atoms with van der Waals surface area (Å²) >= 11 is 1.28. The second-order valence-corrected chi connectivity index (χ2v) is 5.21.